The summed E-state index contributed by atoms with van der Waals surface area (Å²) in [5.74, 6) is 0. The van der Waals surface area contributed by atoms with Crippen LogP contribution in [-0.4, -0.2) is 60.5 Å². The molecular weight excluding hydrogens is 252 g/mol. The van der Waals surface area contributed by atoms with Crippen LogP contribution in [0.25, 0.3) is 0 Å². The van der Waals surface area contributed by atoms with Crippen molar-refractivity contribution in [1.29, 1.82) is 0 Å². The summed E-state index contributed by atoms with van der Waals surface area (Å²) in [5, 5.41) is 13.5. The van der Waals surface area contributed by atoms with E-state index in [1.807, 2.05) is 0 Å². The number of hydrogen-bond donors (Lipinski definition) is 2. The van der Waals surface area contributed by atoms with Crippen molar-refractivity contribution >= 4 is 0 Å². The van der Waals surface area contributed by atoms with Crippen LogP contribution in [0.5, 0.6) is 0 Å². The van der Waals surface area contributed by atoms with Crippen LogP contribution in [0.3, 0.4) is 0 Å². The first-order chi connectivity index (χ1) is 9.62. The third-order valence-corrected chi connectivity index (χ3v) is 5.31. The number of likely N-dealkylation sites (N-methyl/N-ethyl adjacent to an activating group) is 1. The number of nitrogens with zero attached hydrogens (tertiary/aromatic N) is 1. The van der Waals surface area contributed by atoms with E-state index < -0.39 is 0 Å². The Balaban J connectivity index is 1.97. The minimum Gasteiger partial charge on any atom is -0.394 e. The lowest BCUT2D eigenvalue weighted by atomic mass is 9.78. The molecule has 1 heterocycles. The highest BCUT2D eigenvalue weighted by atomic mass is 16.5. The lowest BCUT2D eigenvalue weighted by Gasteiger charge is -2.45. The molecule has 0 aromatic heterocycles. The molecule has 118 valence electrons. The lowest BCUT2D eigenvalue weighted by Crippen LogP contribution is -2.57. The van der Waals surface area contributed by atoms with Crippen LogP contribution in [0.1, 0.15) is 52.4 Å². The van der Waals surface area contributed by atoms with Gasteiger partial charge in [-0.3, -0.25) is 4.90 Å². The first-order valence-electron chi connectivity index (χ1n) is 8.31. The number of aliphatic hydroxyl groups excluding tert-OH is 1. The van der Waals surface area contributed by atoms with E-state index in [-0.39, 0.29) is 12.1 Å². The zero-order valence-electron chi connectivity index (χ0n) is 13.4. The molecule has 0 aromatic rings. The Hall–Kier alpha value is -0.160. The average Bonchev–Trinajstić information content (AvgIpc) is 2.90. The minimum atomic E-state index is -0.0596. The molecule has 20 heavy (non-hydrogen) atoms. The Morgan fingerprint density at radius 3 is 2.80 bits per heavy atom. The van der Waals surface area contributed by atoms with Crippen molar-refractivity contribution in [2.24, 2.45) is 0 Å². The maximum Gasteiger partial charge on any atom is 0.0703 e. The summed E-state index contributed by atoms with van der Waals surface area (Å²) in [6.45, 7) is 6.52. The summed E-state index contributed by atoms with van der Waals surface area (Å²) in [7, 11) is 2.24. The van der Waals surface area contributed by atoms with Gasteiger partial charge in [0.25, 0.3) is 0 Å². The summed E-state index contributed by atoms with van der Waals surface area (Å²) < 4.78 is 5.71. The van der Waals surface area contributed by atoms with Crippen LogP contribution in [0.4, 0.5) is 0 Å². The van der Waals surface area contributed by atoms with Crippen LogP contribution in [0.2, 0.25) is 0 Å². The predicted octanol–water partition coefficient (Wildman–Crippen LogP) is 1.77. The highest BCUT2D eigenvalue weighted by Gasteiger charge is 2.40. The van der Waals surface area contributed by atoms with Gasteiger partial charge in [-0.1, -0.05) is 6.92 Å². The van der Waals surface area contributed by atoms with Gasteiger partial charge in [-0.15, -0.1) is 0 Å². The van der Waals surface area contributed by atoms with Crippen molar-refractivity contribution in [3.05, 3.63) is 0 Å². The van der Waals surface area contributed by atoms with Crippen LogP contribution in [0.15, 0.2) is 0 Å². The number of ether oxygens (including phenoxy) is 1. The van der Waals surface area contributed by atoms with Gasteiger partial charge in [0.1, 0.15) is 0 Å². The van der Waals surface area contributed by atoms with Gasteiger partial charge in [-0.05, 0) is 59.0 Å². The van der Waals surface area contributed by atoms with E-state index in [0.29, 0.717) is 18.2 Å². The SMILES string of the molecule is CCCNC1(CO)CCCC(N(C)C2CCOC2C)C1. The second-order valence-electron chi connectivity index (χ2n) is 6.71. The lowest BCUT2D eigenvalue weighted by molar-refractivity contribution is 0.0275. The Morgan fingerprint density at radius 2 is 2.20 bits per heavy atom. The molecule has 2 fully saturated rings. The molecule has 2 rings (SSSR count). The highest BCUT2D eigenvalue weighted by molar-refractivity contribution is 4.97. The van der Waals surface area contributed by atoms with Crippen molar-refractivity contribution in [2.45, 2.75) is 76.1 Å². The molecule has 4 nitrogen and oxygen atoms in total. The van der Waals surface area contributed by atoms with Crippen molar-refractivity contribution in [3.8, 4) is 0 Å². The monoisotopic (exact) mass is 284 g/mol. The fraction of sp³-hybridized carbons (Fsp3) is 1.00. The van der Waals surface area contributed by atoms with Crippen LogP contribution < -0.4 is 5.32 Å². The maximum absolute atomic E-state index is 9.88. The molecular formula is C16H32N2O2. The van der Waals surface area contributed by atoms with Gasteiger partial charge >= 0.3 is 0 Å². The van der Waals surface area contributed by atoms with E-state index in [4.69, 9.17) is 4.74 Å². The Labute approximate surface area is 123 Å². The van der Waals surface area contributed by atoms with E-state index in [9.17, 15) is 5.11 Å². The Kier molecular flexibility index (Phi) is 5.84. The normalized spacial score (nSPS) is 38.5. The van der Waals surface area contributed by atoms with Gasteiger partial charge in [-0.25, -0.2) is 0 Å². The average molecular weight is 284 g/mol. The molecule has 0 bridgehead atoms. The van der Waals surface area contributed by atoms with Crippen molar-refractivity contribution in [1.82, 2.24) is 10.2 Å². The molecule has 0 amide bonds. The van der Waals surface area contributed by atoms with Gasteiger partial charge in [0.2, 0.25) is 0 Å². The summed E-state index contributed by atoms with van der Waals surface area (Å²) in [4.78, 5) is 2.52. The number of hydrogen-bond acceptors (Lipinski definition) is 4. The predicted molar refractivity (Wildman–Crippen MR) is 81.9 cm³/mol. The smallest absolute Gasteiger partial charge is 0.0703 e. The maximum atomic E-state index is 9.88. The molecule has 0 aromatic carbocycles. The molecule has 1 aliphatic heterocycles. The van der Waals surface area contributed by atoms with Crippen LogP contribution in [-0.2, 0) is 4.74 Å². The first-order valence-corrected chi connectivity index (χ1v) is 8.31. The van der Waals surface area contributed by atoms with E-state index in [2.05, 4.69) is 31.1 Å². The molecule has 2 aliphatic rings. The van der Waals surface area contributed by atoms with Gasteiger partial charge in [-0.2, -0.15) is 0 Å². The minimum absolute atomic E-state index is 0.0596. The summed E-state index contributed by atoms with van der Waals surface area (Å²) >= 11 is 0. The topological polar surface area (TPSA) is 44.7 Å². The fourth-order valence-electron chi connectivity index (χ4n) is 3.96. The summed E-state index contributed by atoms with van der Waals surface area (Å²) in [6, 6.07) is 1.11. The molecule has 2 N–H and O–H groups in total. The Morgan fingerprint density at radius 1 is 1.40 bits per heavy atom. The summed E-state index contributed by atoms with van der Waals surface area (Å²) in [5.41, 5.74) is -0.0596. The fourth-order valence-corrected chi connectivity index (χ4v) is 3.96. The van der Waals surface area contributed by atoms with Crippen LogP contribution >= 0.6 is 0 Å². The van der Waals surface area contributed by atoms with E-state index in [1.165, 1.54) is 12.8 Å². The molecule has 1 saturated heterocycles. The van der Waals surface area contributed by atoms with Gasteiger partial charge < -0.3 is 15.2 Å². The zero-order chi connectivity index (χ0) is 14.6. The quantitative estimate of drug-likeness (QED) is 0.780. The first kappa shape index (κ1) is 16.2. The third-order valence-electron chi connectivity index (χ3n) is 5.31. The number of rotatable bonds is 6. The molecule has 0 radical (unpaired) electrons. The second-order valence-corrected chi connectivity index (χ2v) is 6.71. The Bertz CT molecular complexity index is 300. The molecule has 4 unspecified atom stereocenters. The standard InChI is InChI=1S/C16H32N2O2/c1-4-9-17-16(12-19)8-5-6-14(11-16)18(3)15-7-10-20-13(15)2/h13-15,17,19H,4-12H2,1-3H3. The number of nitrogens with one attached hydrogen (secondary N) is 1. The van der Waals surface area contributed by atoms with E-state index >= 15 is 0 Å². The van der Waals surface area contributed by atoms with Crippen LogP contribution in [0, 0.1) is 0 Å². The largest absolute Gasteiger partial charge is 0.394 e. The van der Waals surface area contributed by atoms with Gasteiger partial charge in [0.05, 0.1) is 12.7 Å². The third kappa shape index (κ3) is 3.53. The summed E-state index contributed by atoms with van der Waals surface area (Å²) in [6.07, 6.45) is 7.21. The second kappa shape index (κ2) is 7.21. The molecule has 4 atom stereocenters. The van der Waals surface area contributed by atoms with Gasteiger partial charge in [0.15, 0.2) is 0 Å². The number of aliphatic hydroxyl groups is 1. The van der Waals surface area contributed by atoms with E-state index in [1.54, 1.807) is 0 Å². The van der Waals surface area contributed by atoms with Crippen molar-refractivity contribution in [2.75, 3.05) is 26.8 Å². The molecule has 1 aliphatic carbocycles. The van der Waals surface area contributed by atoms with Crippen molar-refractivity contribution in [3.63, 3.8) is 0 Å². The zero-order valence-corrected chi connectivity index (χ0v) is 13.4. The molecule has 1 saturated carbocycles. The molecule has 4 heteroatoms. The molecule has 0 spiro atoms. The van der Waals surface area contributed by atoms with E-state index in [0.717, 1.165) is 38.8 Å². The highest BCUT2D eigenvalue weighted by Crippen LogP contribution is 2.33. The van der Waals surface area contributed by atoms with Gasteiger partial charge in [0, 0.05) is 24.2 Å². The van der Waals surface area contributed by atoms with Crippen molar-refractivity contribution < 1.29 is 9.84 Å².